The average molecular weight is 269 g/mol. The van der Waals surface area contributed by atoms with E-state index in [0.717, 1.165) is 22.7 Å². The SMILES string of the molecule is NCc1cccc(Cc2nc(-c3cc[nH]c3)cs2)c1. The molecule has 1 aromatic carbocycles. The Morgan fingerprint density at radius 3 is 2.89 bits per heavy atom. The maximum Gasteiger partial charge on any atom is 0.0976 e. The Morgan fingerprint density at radius 2 is 2.11 bits per heavy atom. The van der Waals surface area contributed by atoms with Crippen LogP contribution in [-0.4, -0.2) is 9.97 Å². The first kappa shape index (κ1) is 12.1. The number of hydrogen-bond donors (Lipinski definition) is 2. The maximum absolute atomic E-state index is 5.66. The number of hydrogen-bond acceptors (Lipinski definition) is 3. The van der Waals surface area contributed by atoms with Crippen molar-refractivity contribution in [1.29, 1.82) is 0 Å². The molecule has 0 aliphatic rings. The maximum atomic E-state index is 5.66. The number of aromatic nitrogens is 2. The van der Waals surface area contributed by atoms with E-state index in [4.69, 9.17) is 5.73 Å². The molecule has 0 aliphatic carbocycles. The molecule has 3 nitrogen and oxygen atoms in total. The lowest BCUT2D eigenvalue weighted by molar-refractivity contribution is 1.05. The van der Waals surface area contributed by atoms with Crippen LogP contribution < -0.4 is 5.73 Å². The highest BCUT2D eigenvalue weighted by Gasteiger charge is 2.06. The highest BCUT2D eigenvalue weighted by molar-refractivity contribution is 7.10. The molecule has 96 valence electrons. The first-order chi connectivity index (χ1) is 9.35. The summed E-state index contributed by atoms with van der Waals surface area (Å²) >= 11 is 1.70. The van der Waals surface area contributed by atoms with Gasteiger partial charge >= 0.3 is 0 Å². The molecule has 2 heterocycles. The summed E-state index contributed by atoms with van der Waals surface area (Å²) in [5.74, 6) is 0. The van der Waals surface area contributed by atoms with Crippen LogP contribution in [0.5, 0.6) is 0 Å². The lowest BCUT2D eigenvalue weighted by atomic mass is 10.1. The van der Waals surface area contributed by atoms with Gasteiger partial charge in [-0.2, -0.15) is 0 Å². The highest BCUT2D eigenvalue weighted by Crippen LogP contribution is 2.23. The van der Waals surface area contributed by atoms with Gasteiger partial charge in [-0.15, -0.1) is 11.3 Å². The number of benzene rings is 1. The van der Waals surface area contributed by atoms with Crippen LogP contribution in [0.2, 0.25) is 0 Å². The van der Waals surface area contributed by atoms with Gasteiger partial charge in [0.15, 0.2) is 0 Å². The average Bonchev–Trinajstić information content (AvgIpc) is 3.09. The molecule has 0 atom stereocenters. The normalized spacial score (nSPS) is 10.8. The summed E-state index contributed by atoms with van der Waals surface area (Å²) in [6.07, 6.45) is 4.75. The van der Waals surface area contributed by atoms with Crippen molar-refractivity contribution in [3.8, 4) is 11.3 Å². The van der Waals surface area contributed by atoms with Crippen LogP contribution in [0.25, 0.3) is 11.3 Å². The summed E-state index contributed by atoms with van der Waals surface area (Å²) in [6, 6.07) is 10.4. The fourth-order valence-electron chi connectivity index (χ4n) is 2.05. The number of nitrogens with two attached hydrogens (primary N) is 1. The molecule has 2 aromatic heterocycles. The molecule has 19 heavy (non-hydrogen) atoms. The lowest BCUT2D eigenvalue weighted by Crippen LogP contribution is -1.97. The summed E-state index contributed by atoms with van der Waals surface area (Å²) in [5, 5.41) is 3.23. The molecule has 3 N–H and O–H groups in total. The van der Waals surface area contributed by atoms with Crippen molar-refractivity contribution in [3.05, 3.63) is 64.2 Å². The first-order valence-electron chi connectivity index (χ1n) is 6.20. The summed E-state index contributed by atoms with van der Waals surface area (Å²) in [7, 11) is 0. The van der Waals surface area contributed by atoms with E-state index in [1.165, 1.54) is 11.1 Å². The third-order valence-electron chi connectivity index (χ3n) is 3.03. The molecule has 0 fully saturated rings. The fraction of sp³-hybridized carbons (Fsp3) is 0.133. The molecule has 3 aromatic rings. The van der Waals surface area contributed by atoms with Crippen molar-refractivity contribution < 1.29 is 0 Å². The van der Waals surface area contributed by atoms with Crippen LogP contribution in [0, 0.1) is 0 Å². The first-order valence-corrected chi connectivity index (χ1v) is 7.08. The lowest BCUT2D eigenvalue weighted by Gasteiger charge is -2.01. The Kier molecular flexibility index (Phi) is 3.44. The van der Waals surface area contributed by atoms with E-state index in [-0.39, 0.29) is 0 Å². The van der Waals surface area contributed by atoms with E-state index in [9.17, 15) is 0 Å². The van der Waals surface area contributed by atoms with Gasteiger partial charge in [-0.05, 0) is 17.2 Å². The molecule has 0 radical (unpaired) electrons. The van der Waals surface area contributed by atoms with Gasteiger partial charge < -0.3 is 10.7 Å². The number of aromatic amines is 1. The molecule has 0 saturated carbocycles. The van der Waals surface area contributed by atoms with Gasteiger partial charge in [-0.25, -0.2) is 4.98 Å². The second-order valence-corrected chi connectivity index (χ2v) is 5.37. The molecule has 3 rings (SSSR count). The van der Waals surface area contributed by atoms with Crippen molar-refractivity contribution in [2.75, 3.05) is 0 Å². The second kappa shape index (κ2) is 5.38. The van der Waals surface area contributed by atoms with Crippen LogP contribution in [0.1, 0.15) is 16.1 Å². The molecule has 0 unspecified atom stereocenters. The summed E-state index contributed by atoms with van der Waals surface area (Å²) in [6.45, 7) is 0.584. The van der Waals surface area contributed by atoms with E-state index in [0.29, 0.717) is 6.54 Å². The number of H-pyrrole nitrogens is 1. The third-order valence-corrected chi connectivity index (χ3v) is 3.88. The second-order valence-electron chi connectivity index (χ2n) is 4.43. The van der Waals surface area contributed by atoms with Crippen molar-refractivity contribution in [3.63, 3.8) is 0 Å². The van der Waals surface area contributed by atoms with Crippen LogP contribution in [-0.2, 0) is 13.0 Å². The van der Waals surface area contributed by atoms with E-state index in [1.54, 1.807) is 11.3 Å². The van der Waals surface area contributed by atoms with E-state index >= 15 is 0 Å². The highest BCUT2D eigenvalue weighted by atomic mass is 32.1. The Morgan fingerprint density at radius 1 is 1.21 bits per heavy atom. The topological polar surface area (TPSA) is 54.7 Å². The number of nitrogens with zero attached hydrogens (tertiary/aromatic N) is 1. The van der Waals surface area contributed by atoms with E-state index < -0.39 is 0 Å². The minimum atomic E-state index is 0.584. The zero-order valence-electron chi connectivity index (χ0n) is 10.5. The van der Waals surface area contributed by atoms with E-state index in [1.807, 2.05) is 18.5 Å². The minimum Gasteiger partial charge on any atom is -0.367 e. The number of nitrogens with one attached hydrogen (secondary N) is 1. The van der Waals surface area contributed by atoms with Gasteiger partial charge in [0.25, 0.3) is 0 Å². The third kappa shape index (κ3) is 2.75. The van der Waals surface area contributed by atoms with Crippen molar-refractivity contribution >= 4 is 11.3 Å². The van der Waals surface area contributed by atoms with Gasteiger partial charge in [0.2, 0.25) is 0 Å². The summed E-state index contributed by atoms with van der Waals surface area (Å²) in [4.78, 5) is 7.72. The molecule has 0 amide bonds. The van der Waals surface area contributed by atoms with Gasteiger partial charge in [0, 0.05) is 36.3 Å². The molecule has 0 bridgehead atoms. The van der Waals surface area contributed by atoms with E-state index in [2.05, 4.69) is 39.6 Å². The van der Waals surface area contributed by atoms with Crippen molar-refractivity contribution in [1.82, 2.24) is 9.97 Å². The van der Waals surface area contributed by atoms with Crippen molar-refractivity contribution in [2.45, 2.75) is 13.0 Å². The molecule has 0 aliphatic heterocycles. The number of thiazole rings is 1. The standard InChI is InChI=1S/C15H15N3S/c16-8-12-3-1-2-11(6-12)7-15-18-14(10-19-15)13-4-5-17-9-13/h1-6,9-10,17H,7-8,16H2. The van der Waals surface area contributed by atoms with Gasteiger partial charge in [0.05, 0.1) is 10.7 Å². The zero-order valence-corrected chi connectivity index (χ0v) is 11.3. The summed E-state index contributed by atoms with van der Waals surface area (Å²) in [5.41, 5.74) is 10.3. The Labute approximate surface area is 116 Å². The smallest absolute Gasteiger partial charge is 0.0976 e. The molecular formula is C15H15N3S. The van der Waals surface area contributed by atoms with Crippen LogP contribution in [0.4, 0.5) is 0 Å². The minimum absolute atomic E-state index is 0.584. The number of rotatable bonds is 4. The monoisotopic (exact) mass is 269 g/mol. The Bertz CT molecular complexity index is 656. The van der Waals surface area contributed by atoms with Gasteiger partial charge in [0.1, 0.15) is 0 Å². The Hall–Kier alpha value is -1.91. The summed E-state index contributed by atoms with van der Waals surface area (Å²) < 4.78 is 0. The van der Waals surface area contributed by atoms with Gasteiger partial charge in [-0.1, -0.05) is 24.3 Å². The predicted molar refractivity (Wildman–Crippen MR) is 79.0 cm³/mol. The Balaban J connectivity index is 1.80. The van der Waals surface area contributed by atoms with Crippen LogP contribution >= 0.6 is 11.3 Å². The fourth-order valence-corrected chi connectivity index (χ4v) is 2.89. The molecule has 0 saturated heterocycles. The largest absolute Gasteiger partial charge is 0.367 e. The predicted octanol–water partition coefficient (Wildman–Crippen LogP) is 3.19. The zero-order chi connectivity index (χ0) is 13.1. The van der Waals surface area contributed by atoms with Crippen LogP contribution in [0.3, 0.4) is 0 Å². The van der Waals surface area contributed by atoms with Gasteiger partial charge in [-0.3, -0.25) is 0 Å². The molecule has 0 spiro atoms. The molecule has 4 heteroatoms. The van der Waals surface area contributed by atoms with Crippen molar-refractivity contribution in [2.24, 2.45) is 5.73 Å². The van der Waals surface area contributed by atoms with Crippen LogP contribution in [0.15, 0.2) is 48.1 Å². The molecular weight excluding hydrogens is 254 g/mol. The quantitative estimate of drug-likeness (QED) is 0.764.